The van der Waals surface area contributed by atoms with Gasteiger partial charge < -0.3 is 10.6 Å². The molecule has 2 aliphatic heterocycles. The van der Waals surface area contributed by atoms with E-state index in [2.05, 4.69) is 16.0 Å². The Hall–Kier alpha value is -2.28. The quantitative estimate of drug-likeness (QED) is 0.834. The Kier molecular flexibility index (Phi) is 4.95. The first kappa shape index (κ1) is 19.1. The van der Waals surface area contributed by atoms with E-state index >= 15 is 0 Å². The lowest BCUT2D eigenvalue weighted by atomic mass is 9.74. The number of aromatic nitrogens is 1. The molecule has 3 heterocycles. The van der Waals surface area contributed by atoms with E-state index in [4.69, 9.17) is 5.73 Å². The molecule has 1 spiro atoms. The highest BCUT2D eigenvalue weighted by Crippen LogP contribution is 2.48. The number of hydrogen-bond donors (Lipinski definition) is 1. The number of para-hydroxylation sites is 1. The predicted molar refractivity (Wildman–Crippen MR) is 114 cm³/mol. The first-order valence-electron chi connectivity index (χ1n) is 10.0. The van der Waals surface area contributed by atoms with E-state index in [-0.39, 0.29) is 11.2 Å². The minimum atomic E-state index is -3.29. The number of fused-ring (bicyclic) bond motifs is 2. The van der Waals surface area contributed by atoms with Crippen molar-refractivity contribution in [2.75, 3.05) is 40.3 Å². The Morgan fingerprint density at radius 1 is 1.18 bits per heavy atom. The van der Waals surface area contributed by atoms with Crippen molar-refractivity contribution in [3.05, 3.63) is 48.2 Å². The van der Waals surface area contributed by atoms with Gasteiger partial charge in [0, 0.05) is 43.0 Å². The fourth-order valence-electron chi connectivity index (χ4n) is 4.47. The van der Waals surface area contributed by atoms with Gasteiger partial charge >= 0.3 is 0 Å². The molecule has 1 aromatic heterocycles. The summed E-state index contributed by atoms with van der Waals surface area (Å²) in [7, 11) is -3.29. The predicted octanol–water partition coefficient (Wildman–Crippen LogP) is 3.15. The molecule has 4 rings (SSSR count). The topological polar surface area (TPSA) is 79.5 Å². The van der Waals surface area contributed by atoms with Crippen molar-refractivity contribution in [2.45, 2.75) is 38.0 Å². The molecule has 0 amide bonds. The zero-order valence-corrected chi connectivity index (χ0v) is 17.2. The molecule has 6 nitrogen and oxygen atoms in total. The average molecular weight is 401 g/mol. The molecule has 28 heavy (non-hydrogen) atoms. The Morgan fingerprint density at radius 3 is 2.64 bits per heavy atom. The summed E-state index contributed by atoms with van der Waals surface area (Å²) in [6.45, 7) is 4.26. The van der Waals surface area contributed by atoms with Crippen LogP contribution in [0.2, 0.25) is 0 Å². The number of anilines is 3. The molecule has 7 heteroatoms. The third-order valence-corrected chi connectivity index (χ3v) is 7.90. The van der Waals surface area contributed by atoms with Crippen LogP contribution in [0.4, 0.5) is 17.2 Å². The van der Waals surface area contributed by atoms with E-state index in [0.717, 1.165) is 43.9 Å². The van der Waals surface area contributed by atoms with Gasteiger partial charge in [0.2, 0.25) is 10.0 Å². The maximum atomic E-state index is 13.0. The van der Waals surface area contributed by atoms with Crippen molar-refractivity contribution in [3.63, 3.8) is 0 Å². The molecular formula is C21H28N4O2S. The van der Waals surface area contributed by atoms with Gasteiger partial charge in [-0.05, 0) is 37.0 Å². The van der Waals surface area contributed by atoms with E-state index in [0.29, 0.717) is 18.7 Å². The van der Waals surface area contributed by atoms with Gasteiger partial charge in [-0.15, -0.1) is 0 Å². The molecule has 1 saturated heterocycles. The Bertz CT molecular complexity index is 952. The van der Waals surface area contributed by atoms with Crippen molar-refractivity contribution >= 4 is 27.2 Å². The molecule has 2 aromatic rings. The van der Waals surface area contributed by atoms with Crippen molar-refractivity contribution in [2.24, 2.45) is 0 Å². The second-order valence-corrected chi connectivity index (χ2v) is 9.92. The normalized spacial score (nSPS) is 18.5. The van der Waals surface area contributed by atoms with Crippen molar-refractivity contribution in [1.29, 1.82) is 0 Å². The number of nitrogens with zero attached hydrogens (tertiary/aromatic N) is 3. The van der Waals surface area contributed by atoms with Crippen LogP contribution in [0.3, 0.4) is 0 Å². The fraction of sp³-hybridized carbons (Fsp3) is 0.476. The van der Waals surface area contributed by atoms with Crippen molar-refractivity contribution < 1.29 is 8.42 Å². The van der Waals surface area contributed by atoms with Crippen molar-refractivity contribution in [3.8, 4) is 0 Å². The molecular weight excluding hydrogens is 372 g/mol. The summed E-state index contributed by atoms with van der Waals surface area (Å²) in [6, 6.07) is 11.7. The van der Waals surface area contributed by atoms with Gasteiger partial charge in [0.05, 0.1) is 11.4 Å². The third kappa shape index (κ3) is 3.32. The van der Waals surface area contributed by atoms with Crippen LogP contribution in [0.15, 0.2) is 42.6 Å². The molecule has 0 atom stereocenters. The number of piperidine rings is 1. The highest BCUT2D eigenvalue weighted by Gasteiger charge is 2.47. The van der Waals surface area contributed by atoms with Gasteiger partial charge in [-0.25, -0.2) is 13.4 Å². The number of sulfonamides is 1. The molecule has 2 N–H and O–H groups in total. The zero-order valence-electron chi connectivity index (χ0n) is 16.3. The molecule has 150 valence electrons. The first-order valence-corrected chi connectivity index (χ1v) is 11.6. The van der Waals surface area contributed by atoms with Gasteiger partial charge in [-0.3, -0.25) is 4.31 Å². The number of pyridine rings is 1. The highest BCUT2D eigenvalue weighted by molar-refractivity contribution is 7.92. The Balaban J connectivity index is 1.59. The number of unbranched alkanes of at least 4 members (excludes halogenated alkanes) is 1. The Morgan fingerprint density at radius 2 is 1.93 bits per heavy atom. The lowest BCUT2D eigenvalue weighted by molar-refractivity contribution is 0.355. The zero-order chi connectivity index (χ0) is 19.8. The van der Waals surface area contributed by atoms with E-state index in [1.807, 2.05) is 31.2 Å². The summed E-state index contributed by atoms with van der Waals surface area (Å²) < 4.78 is 27.7. The number of nitrogen functional groups attached to an aromatic ring is 1. The van der Waals surface area contributed by atoms with Crippen LogP contribution in [0, 0.1) is 0 Å². The minimum absolute atomic E-state index is 0.118. The highest BCUT2D eigenvalue weighted by atomic mass is 32.2. The lowest BCUT2D eigenvalue weighted by Crippen LogP contribution is -2.46. The van der Waals surface area contributed by atoms with Gasteiger partial charge in [-0.2, -0.15) is 0 Å². The second-order valence-electron chi connectivity index (χ2n) is 7.91. The lowest BCUT2D eigenvalue weighted by Gasteiger charge is -2.40. The number of rotatable bonds is 5. The Labute approximate surface area is 167 Å². The molecule has 0 saturated carbocycles. The SMILES string of the molecule is CCCCS(=O)(=O)N1CC2(CCN(c3cc(N)ccn3)CC2)c2ccccc21. The van der Waals surface area contributed by atoms with E-state index in [1.54, 1.807) is 16.6 Å². The molecule has 1 aromatic carbocycles. The summed E-state index contributed by atoms with van der Waals surface area (Å²) in [6.07, 6.45) is 5.12. The summed E-state index contributed by atoms with van der Waals surface area (Å²) in [5.74, 6) is 1.11. The van der Waals surface area contributed by atoms with E-state index < -0.39 is 10.0 Å². The maximum absolute atomic E-state index is 13.0. The smallest absolute Gasteiger partial charge is 0.235 e. The van der Waals surface area contributed by atoms with Gasteiger partial charge in [0.15, 0.2) is 0 Å². The van der Waals surface area contributed by atoms with Crippen LogP contribution in [0.5, 0.6) is 0 Å². The molecule has 0 unspecified atom stereocenters. The summed E-state index contributed by atoms with van der Waals surface area (Å²) in [5, 5.41) is 0. The number of benzene rings is 1. The van der Waals surface area contributed by atoms with E-state index in [9.17, 15) is 8.42 Å². The van der Waals surface area contributed by atoms with Crippen LogP contribution < -0.4 is 14.9 Å². The average Bonchev–Trinajstić information content (AvgIpc) is 3.02. The molecule has 1 fully saturated rings. The summed E-state index contributed by atoms with van der Waals surface area (Å²) in [4.78, 5) is 6.70. The molecule has 0 bridgehead atoms. The van der Waals surface area contributed by atoms with Gasteiger partial charge in [0.1, 0.15) is 5.82 Å². The largest absolute Gasteiger partial charge is 0.399 e. The van der Waals surface area contributed by atoms with Crippen LogP contribution in [-0.4, -0.2) is 38.8 Å². The van der Waals surface area contributed by atoms with Crippen LogP contribution in [0.25, 0.3) is 0 Å². The molecule has 0 aliphatic carbocycles. The van der Waals surface area contributed by atoms with Crippen molar-refractivity contribution in [1.82, 2.24) is 4.98 Å². The van der Waals surface area contributed by atoms with Crippen LogP contribution >= 0.6 is 0 Å². The summed E-state index contributed by atoms with van der Waals surface area (Å²) >= 11 is 0. The van der Waals surface area contributed by atoms with Gasteiger partial charge in [0.25, 0.3) is 0 Å². The molecule has 0 radical (unpaired) electrons. The second kappa shape index (κ2) is 7.28. The van der Waals surface area contributed by atoms with Crippen LogP contribution in [0.1, 0.15) is 38.2 Å². The number of nitrogens with two attached hydrogens (primary N) is 1. The standard InChI is InChI=1S/C21H28N4O2S/c1-2-3-14-28(26,27)25-16-21(18-6-4-5-7-19(18)25)9-12-24(13-10-21)20-15-17(22)8-11-23-20/h4-8,11,15H,2-3,9-10,12-14,16H2,1H3,(H2,22,23). The minimum Gasteiger partial charge on any atom is -0.399 e. The monoisotopic (exact) mass is 400 g/mol. The molecule has 2 aliphatic rings. The fourth-order valence-corrected chi connectivity index (χ4v) is 6.24. The summed E-state index contributed by atoms with van der Waals surface area (Å²) in [5.41, 5.74) is 8.55. The third-order valence-electron chi connectivity index (χ3n) is 6.10. The van der Waals surface area contributed by atoms with Crippen LogP contribution in [-0.2, 0) is 15.4 Å². The van der Waals surface area contributed by atoms with Gasteiger partial charge in [-0.1, -0.05) is 31.5 Å². The number of hydrogen-bond acceptors (Lipinski definition) is 5. The van der Waals surface area contributed by atoms with E-state index in [1.165, 1.54) is 5.56 Å². The maximum Gasteiger partial charge on any atom is 0.235 e. The first-order chi connectivity index (χ1) is 13.5.